The molecule has 3 aromatic rings. The number of para-hydroxylation sites is 1. The van der Waals surface area contributed by atoms with Gasteiger partial charge in [0.25, 0.3) is 5.91 Å². The molecule has 31 heavy (non-hydrogen) atoms. The summed E-state index contributed by atoms with van der Waals surface area (Å²) in [7, 11) is 0. The molecule has 2 amide bonds. The van der Waals surface area contributed by atoms with Crippen LogP contribution in [0.1, 0.15) is 29.3 Å². The summed E-state index contributed by atoms with van der Waals surface area (Å²) in [6.45, 7) is 2.49. The largest absolute Gasteiger partial charge is 0.332 e. The number of rotatable bonds is 7. The number of amides is 2. The second kappa shape index (κ2) is 11.0. The fourth-order valence-corrected chi connectivity index (χ4v) is 3.42. The Hall–Kier alpha value is -3.51. The number of benzene rings is 3. The predicted molar refractivity (Wildman–Crippen MR) is 129 cm³/mol. The van der Waals surface area contributed by atoms with Gasteiger partial charge in [-0.15, -0.1) is 0 Å². The molecule has 3 aromatic carbocycles. The molecule has 0 fully saturated rings. The molecule has 0 spiro atoms. The quantitative estimate of drug-likeness (QED) is 0.528. The summed E-state index contributed by atoms with van der Waals surface area (Å²) in [5.74, 6) is -0.259. The van der Waals surface area contributed by atoms with Gasteiger partial charge in [0, 0.05) is 29.9 Å². The van der Waals surface area contributed by atoms with E-state index in [9.17, 15) is 9.59 Å². The van der Waals surface area contributed by atoms with Crippen LogP contribution in [0.25, 0.3) is 0 Å². The third kappa shape index (κ3) is 6.49. The molecule has 0 unspecified atom stereocenters. The predicted octanol–water partition coefficient (Wildman–Crippen LogP) is 4.80. The first kappa shape index (κ1) is 22.2. The normalized spacial score (nSPS) is 10.2. The zero-order chi connectivity index (χ0) is 22.1. The minimum atomic E-state index is -0.158. The number of carbonyl (C=O) groups is 2. The maximum Gasteiger partial charge on any atom is 0.258 e. The monoisotopic (exact) mass is 431 g/mol. The Bertz CT molecular complexity index is 1040. The minimum Gasteiger partial charge on any atom is -0.332 e. The smallest absolute Gasteiger partial charge is 0.258 e. The molecule has 0 aliphatic rings. The topological polar surface area (TPSA) is 61.4 Å². The van der Waals surface area contributed by atoms with Crippen molar-refractivity contribution < 1.29 is 9.59 Å². The Balaban J connectivity index is 1.58. The molecule has 0 aliphatic heterocycles. The van der Waals surface area contributed by atoms with E-state index in [4.69, 9.17) is 12.2 Å². The summed E-state index contributed by atoms with van der Waals surface area (Å²) in [5, 5.41) is 5.89. The molecule has 158 valence electrons. The van der Waals surface area contributed by atoms with Gasteiger partial charge in [-0.2, -0.15) is 0 Å². The lowest BCUT2D eigenvalue weighted by atomic mass is 10.1. The molecule has 5 nitrogen and oxygen atoms in total. The highest BCUT2D eigenvalue weighted by atomic mass is 32.1. The maximum absolute atomic E-state index is 13.0. The van der Waals surface area contributed by atoms with E-state index in [1.807, 2.05) is 67.6 Å². The Morgan fingerprint density at radius 3 is 2.26 bits per heavy atom. The number of hydrogen-bond donors (Lipinski definition) is 2. The van der Waals surface area contributed by atoms with Crippen molar-refractivity contribution in [3.63, 3.8) is 0 Å². The van der Waals surface area contributed by atoms with Crippen molar-refractivity contribution in [2.75, 3.05) is 16.8 Å². The van der Waals surface area contributed by atoms with Crippen molar-refractivity contribution in [2.45, 2.75) is 19.8 Å². The van der Waals surface area contributed by atoms with E-state index in [1.54, 1.807) is 29.2 Å². The number of anilines is 2. The zero-order valence-electron chi connectivity index (χ0n) is 17.4. The van der Waals surface area contributed by atoms with Crippen LogP contribution in [0.3, 0.4) is 0 Å². The van der Waals surface area contributed by atoms with Gasteiger partial charge in [0.1, 0.15) is 0 Å². The number of hydrogen-bond acceptors (Lipinski definition) is 3. The first-order valence-electron chi connectivity index (χ1n) is 10.2. The molecule has 0 radical (unpaired) electrons. The summed E-state index contributed by atoms with van der Waals surface area (Å²) in [5.41, 5.74) is 3.12. The molecule has 0 aromatic heterocycles. The molecule has 0 saturated carbocycles. The van der Waals surface area contributed by atoms with Crippen molar-refractivity contribution in [2.24, 2.45) is 0 Å². The summed E-state index contributed by atoms with van der Waals surface area (Å²) in [6.07, 6.45) is 0.985. The van der Waals surface area contributed by atoms with Crippen LogP contribution in [0.2, 0.25) is 0 Å². The zero-order valence-corrected chi connectivity index (χ0v) is 18.2. The summed E-state index contributed by atoms with van der Waals surface area (Å²) in [6, 6.07) is 26.4. The van der Waals surface area contributed by atoms with E-state index < -0.39 is 0 Å². The average Bonchev–Trinajstić information content (AvgIpc) is 2.79. The van der Waals surface area contributed by atoms with Crippen LogP contribution in [-0.4, -0.2) is 23.5 Å². The van der Waals surface area contributed by atoms with Gasteiger partial charge in [-0.1, -0.05) is 54.6 Å². The molecule has 0 aliphatic carbocycles. The lowest BCUT2D eigenvalue weighted by molar-refractivity contribution is -0.119. The van der Waals surface area contributed by atoms with Crippen LogP contribution in [0.15, 0.2) is 84.9 Å². The Labute approximate surface area is 188 Å². The molecule has 2 N–H and O–H groups in total. The van der Waals surface area contributed by atoms with Crippen molar-refractivity contribution in [1.29, 1.82) is 0 Å². The molecule has 0 bridgehead atoms. The third-order valence-corrected chi connectivity index (χ3v) is 4.94. The number of aryl methyl sites for hydroxylation is 1. The van der Waals surface area contributed by atoms with E-state index in [0.29, 0.717) is 30.6 Å². The van der Waals surface area contributed by atoms with Crippen LogP contribution < -0.4 is 15.5 Å². The first-order valence-corrected chi connectivity index (χ1v) is 10.6. The van der Waals surface area contributed by atoms with Crippen molar-refractivity contribution in [3.05, 3.63) is 96.1 Å². The van der Waals surface area contributed by atoms with Crippen molar-refractivity contribution in [3.8, 4) is 0 Å². The second-order valence-electron chi connectivity index (χ2n) is 6.95. The Morgan fingerprint density at radius 2 is 1.58 bits per heavy atom. The van der Waals surface area contributed by atoms with Crippen LogP contribution in [0.5, 0.6) is 0 Å². The van der Waals surface area contributed by atoms with Crippen LogP contribution >= 0.6 is 12.2 Å². The van der Waals surface area contributed by atoms with E-state index in [-0.39, 0.29) is 16.9 Å². The Morgan fingerprint density at radius 1 is 0.903 bits per heavy atom. The van der Waals surface area contributed by atoms with Crippen molar-refractivity contribution in [1.82, 2.24) is 5.32 Å². The minimum absolute atomic E-state index is 0.102. The van der Waals surface area contributed by atoms with Gasteiger partial charge in [-0.3, -0.25) is 9.59 Å². The van der Waals surface area contributed by atoms with Crippen LogP contribution in [0.4, 0.5) is 11.4 Å². The SMILES string of the molecule is CCN(C(=O)c1cccc(NC(=S)NC(=O)CCc2ccccc2)c1)c1ccccc1. The maximum atomic E-state index is 13.0. The molecule has 0 atom stereocenters. The fourth-order valence-electron chi connectivity index (χ4n) is 3.19. The van der Waals surface area contributed by atoms with Gasteiger partial charge in [0.05, 0.1) is 0 Å². The summed E-state index contributed by atoms with van der Waals surface area (Å²) in [4.78, 5) is 26.9. The van der Waals surface area contributed by atoms with Crippen LogP contribution in [0, 0.1) is 0 Å². The molecular weight excluding hydrogens is 406 g/mol. The van der Waals surface area contributed by atoms with Gasteiger partial charge >= 0.3 is 0 Å². The number of nitrogens with one attached hydrogen (secondary N) is 2. The molecule has 0 heterocycles. The summed E-state index contributed by atoms with van der Waals surface area (Å²) < 4.78 is 0. The van der Waals surface area contributed by atoms with Gasteiger partial charge in [0.2, 0.25) is 5.91 Å². The van der Waals surface area contributed by atoms with E-state index in [1.165, 1.54) is 0 Å². The standard InChI is InChI=1S/C25H25N3O2S/c1-2-28(22-14-7-4-8-15-22)24(30)20-12-9-13-21(18-20)26-25(31)27-23(29)17-16-19-10-5-3-6-11-19/h3-15,18H,2,16-17H2,1H3,(H2,26,27,29,31). The second-order valence-corrected chi connectivity index (χ2v) is 7.36. The van der Waals surface area contributed by atoms with E-state index in [2.05, 4.69) is 10.6 Å². The third-order valence-electron chi connectivity index (χ3n) is 4.73. The highest BCUT2D eigenvalue weighted by Gasteiger charge is 2.16. The van der Waals surface area contributed by atoms with E-state index >= 15 is 0 Å². The fraction of sp³-hybridized carbons (Fsp3) is 0.160. The molecule has 0 saturated heterocycles. The highest BCUT2D eigenvalue weighted by Crippen LogP contribution is 2.18. The van der Waals surface area contributed by atoms with Gasteiger partial charge in [0.15, 0.2) is 5.11 Å². The van der Waals surface area contributed by atoms with Gasteiger partial charge < -0.3 is 15.5 Å². The lowest BCUT2D eigenvalue weighted by Crippen LogP contribution is -2.34. The van der Waals surface area contributed by atoms with Crippen LogP contribution in [-0.2, 0) is 11.2 Å². The van der Waals surface area contributed by atoms with Gasteiger partial charge in [-0.25, -0.2) is 0 Å². The number of carbonyl (C=O) groups excluding carboxylic acids is 2. The molecule has 3 rings (SSSR count). The Kier molecular flexibility index (Phi) is 7.90. The number of thiocarbonyl (C=S) groups is 1. The first-order chi connectivity index (χ1) is 15.1. The highest BCUT2D eigenvalue weighted by molar-refractivity contribution is 7.80. The van der Waals surface area contributed by atoms with Crippen molar-refractivity contribution >= 4 is 40.5 Å². The molecule has 6 heteroatoms. The summed E-state index contributed by atoms with van der Waals surface area (Å²) >= 11 is 5.26. The lowest BCUT2D eigenvalue weighted by Gasteiger charge is -2.21. The van der Waals surface area contributed by atoms with E-state index in [0.717, 1.165) is 11.3 Å². The van der Waals surface area contributed by atoms with Gasteiger partial charge in [-0.05, 0) is 61.5 Å². The molecular formula is C25H25N3O2S. The average molecular weight is 432 g/mol. The number of nitrogens with zero attached hydrogens (tertiary/aromatic N) is 1.